The van der Waals surface area contributed by atoms with Crippen molar-refractivity contribution >= 4 is 27.7 Å². The summed E-state index contributed by atoms with van der Waals surface area (Å²) in [5, 5.41) is 8.73. The quantitative estimate of drug-likeness (QED) is 0.482. The Morgan fingerprint density at radius 1 is 1.38 bits per heavy atom. The second-order valence-corrected chi connectivity index (χ2v) is 3.87. The van der Waals surface area contributed by atoms with E-state index in [1.54, 1.807) is 30.3 Å². The van der Waals surface area contributed by atoms with Crippen molar-refractivity contribution < 1.29 is 14.3 Å². The van der Waals surface area contributed by atoms with Crippen molar-refractivity contribution in [2.75, 3.05) is 7.11 Å². The maximum atomic E-state index is 11.7. The van der Waals surface area contributed by atoms with E-state index in [-0.39, 0.29) is 0 Å². The van der Waals surface area contributed by atoms with Crippen LogP contribution in [0.4, 0.5) is 0 Å². The van der Waals surface area contributed by atoms with E-state index in [4.69, 9.17) is 5.26 Å². The van der Waals surface area contributed by atoms with E-state index in [9.17, 15) is 9.59 Å². The monoisotopic (exact) mass is 281 g/mol. The summed E-state index contributed by atoms with van der Waals surface area (Å²) in [5.74, 6) is -2.79. The molecule has 0 aliphatic carbocycles. The van der Waals surface area contributed by atoms with Crippen molar-refractivity contribution in [1.29, 1.82) is 5.26 Å². The first kappa shape index (κ1) is 12.4. The van der Waals surface area contributed by atoms with Gasteiger partial charge in [-0.3, -0.25) is 9.59 Å². The van der Waals surface area contributed by atoms with Crippen molar-refractivity contribution in [2.24, 2.45) is 5.92 Å². The van der Waals surface area contributed by atoms with Crippen LogP contribution in [-0.4, -0.2) is 18.9 Å². The van der Waals surface area contributed by atoms with Crippen molar-refractivity contribution in [3.05, 3.63) is 34.3 Å². The van der Waals surface area contributed by atoms with Crippen LogP contribution in [0.15, 0.2) is 28.7 Å². The van der Waals surface area contributed by atoms with Gasteiger partial charge in [0.2, 0.25) is 5.92 Å². The molecule has 1 aromatic rings. The molecule has 0 aliphatic heterocycles. The molecule has 0 N–H and O–H groups in total. The molecule has 82 valence electrons. The predicted molar refractivity (Wildman–Crippen MR) is 59.6 cm³/mol. The van der Waals surface area contributed by atoms with Gasteiger partial charge < -0.3 is 4.74 Å². The summed E-state index contributed by atoms with van der Waals surface area (Å²) in [5.41, 5.74) is 0.306. The van der Waals surface area contributed by atoms with Crippen LogP contribution in [0.2, 0.25) is 0 Å². The number of halogens is 1. The highest BCUT2D eigenvalue weighted by Gasteiger charge is 2.28. The Kier molecular flexibility index (Phi) is 4.20. The molecule has 0 aromatic heterocycles. The molecule has 1 aromatic carbocycles. The van der Waals surface area contributed by atoms with Crippen LogP contribution in [0.3, 0.4) is 0 Å². The molecule has 1 atom stereocenters. The lowest BCUT2D eigenvalue weighted by Gasteiger charge is -2.05. The van der Waals surface area contributed by atoms with E-state index in [2.05, 4.69) is 20.7 Å². The van der Waals surface area contributed by atoms with Gasteiger partial charge in [-0.25, -0.2) is 0 Å². The molecule has 0 spiro atoms. The van der Waals surface area contributed by atoms with Gasteiger partial charge in [0.05, 0.1) is 13.2 Å². The number of ketones is 1. The Hall–Kier alpha value is -1.67. The van der Waals surface area contributed by atoms with Gasteiger partial charge >= 0.3 is 5.97 Å². The van der Waals surface area contributed by atoms with Gasteiger partial charge in [-0.1, -0.05) is 28.1 Å². The first-order valence-electron chi connectivity index (χ1n) is 4.37. The van der Waals surface area contributed by atoms with E-state index in [1.165, 1.54) is 0 Å². The lowest BCUT2D eigenvalue weighted by atomic mass is 9.99. The van der Waals surface area contributed by atoms with Crippen molar-refractivity contribution in [3.63, 3.8) is 0 Å². The molecule has 0 bridgehead atoms. The normalized spacial score (nSPS) is 11.3. The van der Waals surface area contributed by atoms with Crippen LogP contribution >= 0.6 is 15.9 Å². The molecule has 0 amide bonds. The molecule has 4 nitrogen and oxygen atoms in total. The highest BCUT2D eigenvalue weighted by Crippen LogP contribution is 2.14. The SMILES string of the molecule is COC(=O)[C@@H](C#N)C(=O)c1ccc(Br)cc1. The fourth-order valence-corrected chi connectivity index (χ4v) is 1.38. The number of esters is 1. The molecule has 0 saturated carbocycles. The standard InChI is InChI=1S/C11H8BrNO3/c1-16-11(15)9(6-13)10(14)7-2-4-8(12)5-3-7/h2-5,9H,1H3/t9-/m0/s1. The van der Waals surface area contributed by atoms with Crippen molar-refractivity contribution in [1.82, 2.24) is 0 Å². The second kappa shape index (κ2) is 5.42. The lowest BCUT2D eigenvalue weighted by molar-refractivity contribution is -0.141. The Balaban J connectivity index is 2.97. The molecule has 5 heteroatoms. The lowest BCUT2D eigenvalue weighted by Crippen LogP contribution is -2.23. The third-order valence-corrected chi connectivity index (χ3v) is 2.49. The minimum Gasteiger partial charge on any atom is -0.468 e. The average Bonchev–Trinajstić information content (AvgIpc) is 2.30. The molecule has 0 unspecified atom stereocenters. The fraction of sp³-hybridized carbons (Fsp3) is 0.182. The zero-order valence-corrected chi connectivity index (χ0v) is 10.0. The fourth-order valence-electron chi connectivity index (χ4n) is 1.12. The van der Waals surface area contributed by atoms with Gasteiger partial charge in [-0.05, 0) is 12.1 Å². The highest BCUT2D eigenvalue weighted by atomic mass is 79.9. The zero-order chi connectivity index (χ0) is 12.1. The van der Waals surface area contributed by atoms with Gasteiger partial charge in [-0.2, -0.15) is 5.26 Å². The number of hydrogen-bond acceptors (Lipinski definition) is 4. The van der Waals surface area contributed by atoms with Crippen molar-refractivity contribution in [2.45, 2.75) is 0 Å². The topological polar surface area (TPSA) is 67.2 Å². The Morgan fingerprint density at radius 3 is 2.38 bits per heavy atom. The van der Waals surface area contributed by atoms with E-state index in [1.807, 2.05) is 0 Å². The van der Waals surface area contributed by atoms with Crippen LogP contribution in [0.1, 0.15) is 10.4 Å². The zero-order valence-electron chi connectivity index (χ0n) is 8.44. The molecular weight excluding hydrogens is 274 g/mol. The van der Waals surface area contributed by atoms with E-state index in [0.717, 1.165) is 11.6 Å². The number of rotatable bonds is 3. The number of hydrogen-bond donors (Lipinski definition) is 0. The van der Waals surface area contributed by atoms with Crippen LogP contribution in [-0.2, 0) is 9.53 Å². The third-order valence-electron chi connectivity index (χ3n) is 1.96. The smallest absolute Gasteiger partial charge is 0.331 e. The average molecular weight is 282 g/mol. The van der Waals surface area contributed by atoms with E-state index in [0.29, 0.717) is 5.56 Å². The summed E-state index contributed by atoms with van der Waals surface area (Å²) in [7, 11) is 1.14. The van der Waals surface area contributed by atoms with Gasteiger partial charge in [0.1, 0.15) is 0 Å². The molecule has 16 heavy (non-hydrogen) atoms. The highest BCUT2D eigenvalue weighted by molar-refractivity contribution is 9.10. The summed E-state index contributed by atoms with van der Waals surface area (Å²) in [6, 6.07) is 8.04. The molecule has 1 rings (SSSR count). The maximum absolute atomic E-state index is 11.7. The first-order valence-corrected chi connectivity index (χ1v) is 5.16. The summed E-state index contributed by atoms with van der Waals surface area (Å²) in [4.78, 5) is 22.9. The summed E-state index contributed by atoms with van der Waals surface area (Å²) in [6.07, 6.45) is 0. The summed E-state index contributed by atoms with van der Waals surface area (Å²) >= 11 is 3.22. The number of Topliss-reactive ketones (excluding diaryl/α,β-unsaturated/α-hetero) is 1. The molecule has 0 aliphatic rings. The molecule has 0 heterocycles. The second-order valence-electron chi connectivity index (χ2n) is 2.96. The number of nitriles is 1. The minimum absolute atomic E-state index is 0.306. The summed E-state index contributed by atoms with van der Waals surface area (Å²) in [6.45, 7) is 0. The van der Waals surface area contributed by atoms with E-state index < -0.39 is 17.7 Å². The molecular formula is C11H8BrNO3. The van der Waals surface area contributed by atoms with Crippen LogP contribution in [0.25, 0.3) is 0 Å². The number of nitrogens with zero attached hydrogens (tertiary/aromatic N) is 1. The van der Waals surface area contributed by atoms with Crippen LogP contribution in [0.5, 0.6) is 0 Å². The van der Waals surface area contributed by atoms with Gasteiger partial charge in [0.25, 0.3) is 0 Å². The first-order chi connectivity index (χ1) is 7.60. The van der Waals surface area contributed by atoms with E-state index >= 15 is 0 Å². The Labute approximate surface area is 101 Å². The molecule has 0 saturated heterocycles. The Morgan fingerprint density at radius 2 is 1.94 bits per heavy atom. The number of carbonyl (C=O) groups excluding carboxylic acids is 2. The number of carbonyl (C=O) groups is 2. The maximum Gasteiger partial charge on any atom is 0.331 e. The number of benzene rings is 1. The van der Waals surface area contributed by atoms with Gasteiger partial charge in [-0.15, -0.1) is 0 Å². The van der Waals surface area contributed by atoms with Crippen molar-refractivity contribution in [3.8, 4) is 6.07 Å². The number of ether oxygens (including phenoxy) is 1. The minimum atomic E-state index is -1.40. The van der Waals surface area contributed by atoms with Crippen LogP contribution in [0, 0.1) is 17.2 Å². The van der Waals surface area contributed by atoms with Gasteiger partial charge in [0.15, 0.2) is 5.78 Å². The van der Waals surface area contributed by atoms with Crippen LogP contribution < -0.4 is 0 Å². The Bertz CT molecular complexity index is 447. The largest absolute Gasteiger partial charge is 0.468 e. The molecule has 0 radical (unpaired) electrons. The number of methoxy groups -OCH3 is 1. The predicted octanol–water partition coefficient (Wildman–Crippen LogP) is 1.94. The third kappa shape index (κ3) is 2.67. The van der Waals surface area contributed by atoms with Gasteiger partial charge in [0, 0.05) is 10.0 Å². The summed E-state index contributed by atoms with van der Waals surface area (Å²) < 4.78 is 5.19. The molecule has 0 fully saturated rings.